The molecule has 23 heavy (non-hydrogen) atoms. The zero-order chi connectivity index (χ0) is 16.8. The van der Waals surface area contributed by atoms with Crippen LogP contribution in [0.1, 0.15) is 57.7 Å². The van der Waals surface area contributed by atoms with Gasteiger partial charge in [-0.25, -0.2) is 4.79 Å². The molecule has 7 heteroatoms. The van der Waals surface area contributed by atoms with Crippen LogP contribution in [-0.4, -0.2) is 28.0 Å². The quantitative estimate of drug-likeness (QED) is 0.790. The van der Waals surface area contributed by atoms with Crippen molar-refractivity contribution >= 4 is 17.8 Å². The minimum atomic E-state index is -0.932. The maximum Gasteiger partial charge on any atom is 0.385 e. The van der Waals surface area contributed by atoms with E-state index in [-0.39, 0.29) is 22.2 Å². The summed E-state index contributed by atoms with van der Waals surface area (Å²) in [4.78, 5) is 41.2. The van der Waals surface area contributed by atoms with Gasteiger partial charge in [0, 0.05) is 11.5 Å². The van der Waals surface area contributed by atoms with Crippen molar-refractivity contribution in [3.63, 3.8) is 0 Å². The first-order valence-corrected chi connectivity index (χ1v) is 6.96. The second kappa shape index (κ2) is 5.05. The van der Waals surface area contributed by atoms with Gasteiger partial charge in [-0.15, -0.1) is 0 Å². The summed E-state index contributed by atoms with van der Waals surface area (Å²) in [5.74, 6) is -1.80. The second-order valence-electron chi connectivity index (χ2n) is 6.16. The Bertz CT molecular complexity index is 781. The van der Waals surface area contributed by atoms with E-state index in [0.29, 0.717) is 10.8 Å². The Labute approximate surface area is 131 Å². The third kappa shape index (κ3) is 2.50. The summed E-state index contributed by atoms with van der Waals surface area (Å²) in [6, 6.07) is 7.68. The Hall–Kier alpha value is -2.96. The molecule has 0 fully saturated rings. The van der Waals surface area contributed by atoms with Crippen molar-refractivity contribution in [1.82, 2.24) is 10.2 Å². The van der Waals surface area contributed by atoms with Gasteiger partial charge in [0.25, 0.3) is 11.8 Å². The van der Waals surface area contributed by atoms with E-state index in [9.17, 15) is 14.4 Å². The third-order valence-electron chi connectivity index (χ3n) is 3.39. The number of hydrogen-bond donors (Lipinski definition) is 0. The van der Waals surface area contributed by atoms with Crippen molar-refractivity contribution in [3.8, 4) is 0 Å². The van der Waals surface area contributed by atoms with E-state index in [1.165, 1.54) is 18.2 Å². The monoisotopic (exact) mass is 314 g/mol. The number of aromatic nitrogens is 1. The molecule has 2 amide bonds. The van der Waals surface area contributed by atoms with Gasteiger partial charge in [-0.3, -0.25) is 9.59 Å². The highest BCUT2D eigenvalue weighted by Crippen LogP contribution is 2.25. The van der Waals surface area contributed by atoms with E-state index in [0.717, 1.165) is 0 Å². The topological polar surface area (TPSA) is 89.7 Å². The van der Waals surface area contributed by atoms with E-state index in [1.54, 1.807) is 12.1 Å². The van der Waals surface area contributed by atoms with Crippen LogP contribution >= 0.6 is 0 Å². The number of carbonyl (C=O) groups is 3. The van der Waals surface area contributed by atoms with Gasteiger partial charge in [0.1, 0.15) is 5.76 Å². The van der Waals surface area contributed by atoms with E-state index < -0.39 is 17.8 Å². The van der Waals surface area contributed by atoms with Gasteiger partial charge in [-0.2, -0.15) is 0 Å². The van der Waals surface area contributed by atoms with Crippen LogP contribution in [0.15, 0.2) is 34.9 Å². The number of imide groups is 1. The molecular formula is C16H14N2O5. The minimum absolute atomic E-state index is 0.105. The zero-order valence-electron chi connectivity index (χ0n) is 12.8. The van der Waals surface area contributed by atoms with Crippen LogP contribution in [0.3, 0.4) is 0 Å². The lowest BCUT2D eigenvalue weighted by Crippen LogP contribution is -2.32. The van der Waals surface area contributed by atoms with Gasteiger partial charge in [0.15, 0.2) is 5.69 Å². The summed E-state index contributed by atoms with van der Waals surface area (Å²) in [5, 5.41) is 4.07. The van der Waals surface area contributed by atoms with Crippen molar-refractivity contribution in [2.24, 2.45) is 0 Å². The Kier molecular flexibility index (Phi) is 3.28. The molecule has 1 aromatic heterocycles. The van der Waals surface area contributed by atoms with Crippen molar-refractivity contribution in [3.05, 3.63) is 52.9 Å². The number of fused-ring (bicyclic) bond motifs is 1. The molecule has 7 nitrogen and oxygen atoms in total. The first-order chi connectivity index (χ1) is 10.8. The highest BCUT2D eigenvalue weighted by Gasteiger charge is 2.39. The summed E-state index contributed by atoms with van der Waals surface area (Å²) >= 11 is 0. The van der Waals surface area contributed by atoms with Gasteiger partial charge >= 0.3 is 5.97 Å². The van der Waals surface area contributed by atoms with E-state index in [2.05, 4.69) is 5.16 Å². The number of rotatable bonds is 2. The summed E-state index contributed by atoms with van der Waals surface area (Å²) in [6.45, 7) is 5.69. The highest BCUT2D eigenvalue weighted by atomic mass is 16.7. The molecule has 2 heterocycles. The van der Waals surface area contributed by atoms with Crippen molar-refractivity contribution in [2.45, 2.75) is 26.2 Å². The lowest BCUT2D eigenvalue weighted by atomic mass is 9.93. The molecular weight excluding hydrogens is 300 g/mol. The lowest BCUT2D eigenvalue weighted by molar-refractivity contribution is -0.0590. The average molecular weight is 314 g/mol. The number of benzene rings is 1. The molecule has 0 radical (unpaired) electrons. The standard InChI is InChI=1S/C16H14N2O5/c1-16(2,3)12-8-11(17-22-12)15(21)23-18-13(19)9-6-4-5-7-10(9)14(18)20/h4-8H,1-3H3. The smallest absolute Gasteiger partial charge is 0.360 e. The fourth-order valence-electron chi connectivity index (χ4n) is 2.10. The molecule has 1 aliphatic rings. The number of carbonyl (C=O) groups excluding carboxylic acids is 3. The van der Waals surface area contributed by atoms with Crippen LogP contribution in [0.4, 0.5) is 0 Å². The first kappa shape index (κ1) is 15.0. The van der Waals surface area contributed by atoms with Gasteiger partial charge in [-0.1, -0.05) is 43.1 Å². The molecule has 0 N–H and O–H groups in total. The number of nitrogens with zero attached hydrogens (tertiary/aromatic N) is 2. The normalized spacial score (nSPS) is 14.1. The van der Waals surface area contributed by atoms with Crippen LogP contribution in [0.25, 0.3) is 0 Å². The minimum Gasteiger partial charge on any atom is -0.360 e. The lowest BCUT2D eigenvalue weighted by Gasteiger charge is -2.12. The number of amides is 2. The van der Waals surface area contributed by atoms with Crippen LogP contribution in [0.2, 0.25) is 0 Å². The Morgan fingerprint density at radius 3 is 2.17 bits per heavy atom. The molecule has 3 rings (SSSR count). The van der Waals surface area contributed by atoms with Crippen LogP contribution in [0, 0.1) is 0 Å². The summed E-state index contributed by atoms with van der Waals surface area (Å²) in [7, 11) is 0. The molecule has 1 aromatic carbocycles. The van der Waals surface area contributed by atoms with Gasteiger partial charge in [0.2, 0.25) is 0 Å². The Balaban J connectivity index is 1.81. The molecule has 1 aliphatic heterocycles. The van der Waals surface area contributed by atoms with Crippen LogP contribution < -0.4 is 0 Å². The van der Waals surface area contributed by atoms with Crippen LogP contribution in [0.5, 0.6) is 0 Å². The van der Waals surface area contributed by atoms with Crippen molar-refractivity contribution in [1.29, 1.82) is 0 Å². The van der Waals surface area contributed by atoms with Crippen LogP contribution in [-0.2, 0) is 10.3 Å². The maximum absolute atomic E-state index is 12.1. The molecule has 0 aliphatic carbocycles. The Morgan fingerprint density at radius 1 is 1.13 bits per heavy atom. The molecule has 0 unspecified atom stereocenters. The number of hydrogen-bond acceptors (Lipinski definition) is 6. The molecule has 118 valence electrons. The predicted molar refractivity (Wildman–Crippen MR) is 77.6 cm³/mol. The summed E-state index contributed by atoms with van der Waals surface area (Å²) in [5.41, 5.74) is -0.0470. The fraction of sp³-hybridized carbons (Fsp3) is 0.250. The van der Waals surface area contributed by atoms with Crippen molar-refractivity contribution < 1.29 is 23.7 Å². The third-order valence-corrected chi connectivity index (χ3v) is 3.39. The van der Waals surface area contributed by atoms with Gasteiger partial charge < -0.3 is 9.36 Å². The average Bonchev–Trinajstić information content (AvgIpc) is 3.08. The predicted octanol–water partition coefficient (Wildman–Crippen LogP) is 2.34. The van der Waals surface area contributed by atoms with E-state index in [4.69, 9.17) is 9.36 Å². The van der Waals surface area contributed by atoms with Gasteiger partial charge in [-0.05, 0) is 12.1 Å². The Morgan fingerprint density at radius 2 is 1.70 bits per heavy atom. The van der Waals surface area contributed by atoms with E-state index in [1.807, 2.05) is 20.8 Å². The summed E-state index contributed by atoms with van der Waals surface area (Å²) in [6.07, 6.45) is 0. The van der Waals surface area contributed by atoms with Gasteiger partial charge in [0.05, 0.1) is 11.1 Å². The highest BCUT2D eigenvalue weighted by molar-refractivity contribution is 6.21. The second-order valence-corrected chi connectivity index (χ2v) is 6.16. The zero-order valence-corrected chi connectivity index (χ0v) is 12.8. The molecule has 0 spiro atoms. The number of hydroxylamine groups is 2. The molecule has 0 saturated heterocycles. The largest absolute Gasteiger partial charge is 0.385 e. The molecule has 0 bridgehead atoms. The van der Waals surface area contributed by atoms with Crippen molar-refractivity contribution in [2.75, 3.05) is 0 Å². The van der Waals surface area contributed by atoms with E-state index >= 15 is 0 Å². The maximum atomic E-state index is 12.1. The molecule has 2 aromatic rings. The SMILES string of the molecule is CC(C)(C)c1cc(C(=O)ON2C(=O)c3ccccc3C2=O)no1. The fourth-order valence-corrected chi connectivity index (χ4v) is 2.10. The summed E-state index contributed by atoms with van der Waals surface area (Å²) < 4.78 is 5.09. The first-order valence-electron chi connectivity index (χ1n) is 6.96. The molecule has 0 saturated carbocycles. The molecule has 0 atom stereocenters.